The fraction of sp³-hybridized carbons (Fsp3) is 0.172. The number of hydrogen-bond donors (Lipinski definition) is 1. The van der Waals surface area contributed by atoms with Crippen molar-refractivity contribution < 1.29 is 19.1 Å². The highest BCUT2D eigenvalue weighted by molar-refractivity contribution is 5.98. The van der Waals surface area contributed by atoms with E-state index in [2.05, 4.69) is 10.4 Å². The first-order valence-corrected chi connectivity index (χ1v) is 11.7. The van der Waals surface area contributed by atoms with Gasteiger partial charge in [-0.3, -0.25) is 14.4 Å². The molecule has 0 saturated heterocycles. The number of para-hydroxylation sites is 1. The van der Waals surface area contributed by atoms with E-state index < -0.39 is 18.5 Å². The molecule has 4 aromatic rings. The highest BCUT2D eigenvalue weighted by Gasteiger charge is 2.17. The molecule has 0 radical (unpaired) electrons. The fourth-order valence-corrected chi connectivity index (χ4v) is 3.88. The smallest absolute Gasteiger partial charge is 0.306 e. The van der Waals surface area contributed by atoms with Crippen LogP contribution in [0.4, 0.5) is 5.69 Å². The zero-order chi connectivity index (χ0) is 25.5. The lowest BCUT2D eigenvalue weighted by Crippen LogP contribution is -2.21. The third-order valence-corrected chi connectivity index (χ3v) is 5.79. The SMILES string of the molecule is Cc1nn(-c2ccccc2)c(C)c1NC(=O)COC(=O)CCC(=O)c1ccc(-c2ccccc2)cc1. The predicted octanol–water partition coefficient (Wildman–Crippen LogP) is 5.30. The number of ketones is 1. The van der Waals surface area contributed by atoms with Crippen LogP contribution in [0.25, 0.3) is 16.8 Å². The molecular formula is C29H27N3O4. The van der Waals surface area contributed by atoms with Crippen LogP contribution in [-0.4, -0.2) is 34.0 Å². The summed E-state index contributed by atoms with van der Waals surface area (Å²) in [5.41, 5.74) is 5.48. The quantitative estimate of drug-likeness (QED) is 0.259. The second-order valence-electron chi connectivity index (χ2n) is 8.37. The van der Waals surface area contributed by atoms with E-state index in [4.69, 9.17) is 4.74 Å². The Kier molecular flexibility index (Phi) is 7.70. The zero-order valence-electron chi connectivity index (χ0n) is 20.2. The first-order chi connectivity index (χ1) is 17.4. The highest BCUT2D eigenvalue weighted by Crippen LogP contribution is 2.23. The van der Waals surface area contributed by atoms with Gasteiger partial charge in [0, 0.05) is 12.0 Å². The highest BCUT2D eigenvalue weighted by atomic mass is 16.5. The van der Waals surface area contributed by atoms with Crippen LogP contribution in [0.3, 0.4) is 0 Å². The summed E-state index contributed by atoms with van der Waals surface area (Å²) in [5, 5.41) is 7.25. The van der Waals surface area contributed by atoms with Crippen LogP contribution in [0.2, 0.25) is 0 Å². The average Bonchev–Trinajstić information content (AvgIpc) is 3.20. The normalized spacial score (nSPS) is 10.6. The molecule has 1 heterocycles. The molecular weight excluding hydrogens is 454 g/mol. The molecule has 1 amide bonds. The second-order valence-corrected chi connectivity index (χ2v) is 8.37. The topological polar surface area (TPSA) is 90.3 Å². The summed E-state index contributed by atoms with van der Waals surface area (Å²) in [6, 6.07) is 26.7. The van der Waals surface area contributed by atoms with Crippen molar-refractivity contribution in [1.29, 1.82) is 0 Å². The Morgan fingerprint density at radius 3 is 2.08 bits per heavy atom. The number of nitrogens with one attached hydrogen (secondary N) is 1. The van der Waals surface area contributed by atoms with Crippen molar-refractivity contribution >= 4 is 23.3 Å². The van der Waals surface area contributed by atoms with Crippen molar-refractivity contribution in [2.24, 2.45) is 0 Å². The number of carbonyl (C=O) groups is 3. The minimum Gasteiger partial charge on any atom is -0.456 e. The van der Waals surface area contributed by atoms with Gasteiger partial charge in [-0.25, -0.2) is 4.68 Å². The van der Waals surface area contributed by atoms with Crippen molar-refractivity contribution in [2.75, 3.05) is 11.9 Å². The van der Waals surface area contributed by atoms with Gasteiger partial charge >= 0.3 is 5.97 Å². The molecule has 0 aliphatic rings. The Morgan fingerprint density at radius 1 is 0.806 bits per heavy atom. The van der Waals surface area contributed by atoms with Crippen molar-refractivity contribution in [3.05, 3.63) is 102 Å². The number of aromatic nitrogens is 2. The number of rotatable bonds is 9. The molecule has 0 aliphatic heterocycles. The molecule has 1 aromatic heterocycles. The molecule has 0 unspecified atom stereocenters. The van der Waals surface area contributed by atoms with E-state index >= 15 is 0 Å². The van der Waals surface area contributed by atoms with E-state index in [1.54, 1.807) is 23.7 Å². The van der Waals surface area contributed by atoms with Crippen LogP contribution < -0.4 is 5.32 Å². The Labute approximate surface area is 209 Å². The molecule has 0 fully saturated rings. The van der Waals surface area contributed by atoms with E-state index in [0.717, 1.165) is 22.5 Å². The third-order valence-electron chi connectivity index (χ3n) is 5.79. The van der Waals surface area contributed by atoms with Gasteiger partial charge in [0.1, 0.15) is 0 Å². The maximum Gasteiger partial charge on any atom is 0.306 e. The van der Waals surface area contributed by atoms with Gasteiger partial charge in [-0.1, -0.05) is 72.8 Å². The molecule has 36 heavy (non-hydrogen) atoms. The Hall–Kier alpha value is -4.52. The molecule has 1 N–H and O–H groups in total. The molecule has 3 aromatic carbocycles. The van der Waals surface area contributed by atoms with Crippen LogP contribution in [0.1, 0.15) is 34.6 Å². The summed E-state index contributed by atoms with van der Waals surface area (Å²) in [4.78, 5) is 37.0. The van der Waals surface area contributed by atoms with Gasteiger partial charge in [0.05, 0.1) is 29.2 Å². The number of amides is 1. The van der Waals surface area contributed by atoms with Gasteiger partial charge in [-0.15, -0.1) is 0 Å². The maximum atomic E-state index is 12.5. The van der Waals surface area contributed by atoms with Crippen molar-refractivity contribution in [2.45, 2.75) is 26.7 Å². The minimum atomic E-state index is -0.604. The van der Waals surface area contributed by atoms with Gasteiger partial charge in [-0.05, 0) is 37.1 Å². The predicted molar refractivity (Wildman–Crippen MR) is 138 cm³/mol. The number of nitrogens with zero attached hydrogens (tertiary/aromatic N) is 2. The van der Waals surface area contributed by atoms with Gasteiger partial charge in [0.2, 0.25) is 0 Å². The Bertz CT molecular complexity index is 1360. The number of benzene rings is 3. The number of Topliss-reactive ketones (excluding diaryl/α,β-unsaturated/α-hetero) is 1. The summed E-state index contributed by atoms with van der Waals surface area (Å²) in [5.74, 6) is -1.23. The molecule has 0 aliphatic carbocycles. The molecule has 4 rings (SSSR count). The molecule has 0 saturated carbocycles. The van der Waals surface area contributed by atoms with Crippen LogP contribution in [-0.2, 0) is 14.3 Å². The van der Waals surface area contributed by atoms with Crippen molar-refractivity contribution in [3.63, 3.8) is 0 Å². The summed E-state index contributed by atoms with van der Waals surface area (Å²) in [6.07, 6.45) is -0.0935. The lowest BCUT2D eigenvalue weighted by molar-refractivity contribution is -0.147. The molecule has 0 atom stereocenters. The van der Waals surface area contributed by atoms with E-state index in [9.17, 15) is 14.4 Å². The van der Waals surface area contributed by atoms with Gasteiger partial charge in [0.15, 0.2) is 12.4 Å². The Morgan fingerprint density at radius 2 is 1.42 bits per heavy atom. The molecule has 182 valence electrons. The second kappa shape index (κ2) is 11.3. The molecule has 7 heteroatoms. The number of hydrogen-bond acceptors (Lipinski definition) is 5. The monoisotopic (exact) mass is 481 g/mol. The largest absolute Gasteiger partial charge is 0.456 e. The first kappa shape index (κ1) is 24.6. The number of carbonyl (C=O) groups excluding carboxylic acids is 3. The van der Waals surface area contributed by atoms with Crippen molar-refractivity contribution in [1.82, 2.24) is 9.78 Å². The van der Waals surface area contributed by atoms with Crippen LogP contribution in [0, 0.1) is 13.8 Å². The summed E-state index contributed by atoms with van der Waals surface area (Å²) < 4.78 is 6.83. The molecule has 0 spiro atoms. The Balaban J connectivity index is 1.25. The average molecular weight is 482 g/mol. The van der Waals surface area contributed by atoms with E-state index in [0.29, 0.717) is 16.9 Å². The number of ether oxygens (including phenoxy) is 1. The summed E-state index contributed by atoms with van der Waals surface area (Å²) in [7, 11) is 0. The van der Waals surface area contributed by atoms with Gasteiger partial charge in [-0.2, -0.15) is 5.10 Å². The molecule has 7 nitrogen and oxygen atoms in total. The van der Waals surface area contributed by atoms with E-state index in [-0.39, 0.29) is 18.6 Å². The lowest BCUT2D eigenvalue weighted by atomic mass is 10.0. The zero-order valence-corrected chi connectivity index (χ0v) is 20.2. The third kappa shape index (κ3) is 5.93. The summed E-state index contributed by atoms with van der Waals surface area (Å²) >= 11 is 0. The molecule has 0 bridgehead atoms. The maximum absolute atomic E-state index is 12.5. The van der Waals surface area contributed by atoms with Crippen LogP contribution in [0.5, 0.6) is 0 Å². The number of aryl methyl sites for hydroxylation is 1. The standard InChI is InChI=1S/C29H27N3O4/c1-20-29(21(2)32(31-20)25-11-7-4-8-12-25)30-27(34)19-36-28(35)18-17-26(33)24-15-13-23(14-16-24)22-9-5-3-6-10-22/h3-16H,17-19H2,1-2H3,(H,30,34). The van der Waals surface area contributed by atoms with E-state index in [1.165, 1.54) is 0 Å². The van der Waals surface area contributed by atoms with Crippen LogP contribution in [0.15, 0.2) is 84.9 Å². The van der Waals surface area contributed by atoms with Crippen molar-refractivity contribution in [3.8, 4) is 16.8 Å². The summed E-state index contributed by atoms with van der Waals surface area (Å²) in [6.45, 7) is 3.22. The number of esters is 1. The van der Waals surface area contributed by atoms with Gasteiger partial charge < -0.3 is 10.1 Å². The minimum absolute atomic E-state index is 0.00714. The lowest BCUT2D eigenvalue weighted by Gasteiger charge is -2.08. The van der Waals surface area contributed by atoms with Gasteiger partial charge in [0.25, 0.3) is 5.91 Å². The number of anilines is 1. The fourth-order valence-electron chi connectivity index (χ4n) is 3.88. The first-order valence-electron chi connectivity index (χ1n) is 11.7. The van der Waals surface area contributed by atoms with E-state index in [1.807, 2.05) is 79.7 Å². The van der Waals surface area contributed by atoms with Crippen LogP contribution >= 0.6 is 0 Å².